The Labute approximate surface area is 169 Å². The smallest absolute Gasteiger partial charge is 0.282 e. The Kier molecular flexibility index (Phi) is 5.12. The molecule has 1 fully saturated rings. The molecule has 0 radical (unpaired) electrons. The van der Waals surface area contributed by atoms with Crippen LogP contribution in [0.1, 0.15) is 18.0 Å². The zero-order valence-corrected chi connectivity index (χ0v) is 16.5. The number of ether oxygens (including phenoxy) is 1. The van der Waals surface area contributed by atoms with Crippen LogP contribution in [0.2, 0.25) is 0 Å². The number of amides is 1. The van der Waals surface area contributed by atoms with Crippen molar-refractivity contribution < 1.29 is 14.6 Å². The molecule has 1 aliphatic rings. The average Bonchev–Trinajstić information content (AvgIpc) is 3.31. The highest BCUT2D eigenvalue weighted by Gasteiger charge is 2.30. The summed E-state index contributed by atoms with van der Waals surface area (Å²) < 4.78 is 6.00. The van der Waals surface area contributed by atoms with Gasteiger partial charge in [0, 0.05) is 15.9 Å². The molecule has 8 nitrogen and oxygen atoms in total. The second kappa shape index (κ2) is 7.70. The average molecular weight is 444 g/mol. The molecule has 0 bridgehead atoms. The molecule has 3 aromatic rings. The number of azo groups is 1. The van der Waals surface area contributed by atoms with Gasteiger partial charge < -0.3 is 14.8 Å². The fourth-order valence-corrected chi connectivity index (χ4v) is 3.54. The predicted octanol–water partition coefficient (Wildman–Crippen LogP) is 3.86. The third kappa shape index (κ3) is 3.64. The predicted molar refractivity (Wildman–Crippen MR) is 108 cm³/mol. The lowest BCUT2D eigenvalue weighted by atomic mass is 10.0. The van der Waals surface area contributed by atoms with Gasteiger partial charge in [-0.3, -0.25) is 4.79 Å². The Bertz CT molecular complexity index is 1050. The number of methoxy groups -OCH3 is 1. The van der Waals surface area contributed by atoms with Crippen molar-refractivity contribution in [3.05, 3.63) is 52.5 Å². The Hall–Kier alpha value is -2.75. The quantitative estimate of drug-likeness (QED) is 0.457. The van der Waals surface area contributed by atoms with Gasteiger partial charge in [-0.1, -0.05) is 28.1 Å². The lowest BCUT2D eigenvalue weighted by Gasteiger charge is -2.09. The number of halogens is 1. The number of carbonyl (C=O) groups is 1. The van der Waals surface area contributed by atoms with E-state index in [-0.39, 0.29) is 17.6 Å². The highest BCUT2D eigenvalue weighted by Crippen LogP contribution is 2.37. The minimum atomic E-state index is -0.505. The molecule has 1 aromatic heterocycles. The van der Waals surface area contributed by atoms with Crippen molar-refractivity contribution in [2.24, 2.45) is 10.2 Å². The minimum absolute atomic E-state index is 0.0208. The van der Waals surface area contributed by atoms with E-state index in [4.69, 9.17) is 4.74 Å². The molecule has 2 aromatic carbocycles. The summed E-state index contributed by atoms with van der Waals surface area (Å²) in [4.78, 5) is 15.3. The van der Waals surface area contributed by atoms with Crippen LogP contribution >= 0.6 is 15.9 Å². The summed E-state index contributed by atoms with van der Waals surface area (Å²) in [6, 6.07) is 12.6. The Morgan fingerprint density at radius 1 is 1.21 bits per heavy atom. The number of hydrazine groups is 1. The third-order valence-electron chi connectivity index (χ3n) is 4.68. The number of nitrogens with one attached hydrogen (secondary N) is 3. The van der Waals surface area contributed by atoms with Gasteiger partial charge in [-0.05, 0) is 42.3 Å². The topological polar surface area (TPSA) is 111 Å². The van der Waals surface area contributed by atoms with Gasteiger partial charge >= 0.3 is 0 Å². The maximum atomic E-state index is 12.4. The molecule has 4 N–H and O–H groups in total. The molecule has 0 saturated carbocycles. The van der Waals surface area contributed by atoms with Crippen LogP contribution in [-0.4, -0.2) is 29.1 Å². The zero-order valence-electron chi connectivity index (χ0n) is 14.9. The first-order valence-electron chi connectivity index (χ1n) is 8.66. The molecule has 0 spiro atoms. The van der Waals surface area contributed by atoms with Crippen LogP contribution in [0.25, 0.3) is 10.9 Å². The number of aromatic nitrogens is 1. The third-order valence-corrected chi connectivity index (χ3v) is 5.18. The van der Waals surface area contributed by atoms with E-state index in [2.05, 4.69) is 42.0 Å². The van der Waals surface area contributed by atoms with Gasteiger partial charge in [-0.15, -0.1) is 10.2 Å². The van der Waals surface area contributed by atoms with Crippen molar-refractivity contribution in [3.8, 4) is 11.6 Å². The van der Waals surface area contributed by atoms with Crippen LogP contribution in [0.4, 0.5) is 5.69 Å². The molecular formula is C19H18BrN5O3. The number of nitrogens with zero attached hydrogens (tertiary/aromatic N) is 2. The molecule has 2 unspecified atom stereocenters. The van der Waals surface area contributed by atoms with E-state index >= 15 is 0 Å². The van der Waals surface area contributed by atoms with Crippen molar-refractivity contribution >= 4 is 38.4 Å². The monoisotopic (exact) mass is 443 g/mol. The van der Waals surface area contributed by atoms with E-state index in [9.17, 15) is 9.90 Å². The lowest BCUT2D eigenvalue weighted by molar-refractivity contribution is -0.120. The first-order chi connectivity index (χ1) is 13.5. The molecule has 2 heterocycles. The van der Waals surface area contributed by atoms with E-state index < -0.39 is 11.9 Å². The van der Waals surface area contributed by atoms with Crippen LogP contribution in [0.15, 0.2) is 57.2 Å². The first kappa shape index (κ1) is 18.6. The highest BCUT2D eigenvalue weighted by atomic mass is 79.9. The largest absolute Gasteiger partial charge is 0.497 e. The standard InChI is InChI=1S/C19H18BrN5O3/c1-28-12-5-2-10(3-6-12)15-9-16(23-22-15)18(26)25-24-17-13-8-11(20)4-7-14(13)21-19(17)27/h2-8,15-16,21-23,27H,9H2,1H3. The second-order valence-electron chi connectivity index (χ2n) is 6.45. The summed E-state index contributed by atoms with van der Waals surface area (Å²) in [5.41, 5.74) is 8.06. The molecule has 144 valence electrons. The maximum Gasteiger partial charge on any atom is 0.282 e. The molecule has 9 heteroatoms. The first-order valence-corrected chi connectivity index (χ1v) is 9.45. The van der Waals surface area contributed by atoms with E-state index in [0.717, 1.165) is 15.8 Å². The van der Waals surface area contributed by atoms with E-state index in [1.54, 1.807) is 13.2 Å². The number of benzene rings is 2. The molecule has 2 atom stereocenters. The summed E-state index contributed by atoms with van der Waals surface area (Å²) in [6.07, 6.45) is 0.537. The number of aromatic amines is 1. The zero-order chi connectivity index (χ0) is 19.7. The van der Waals surface area contributed by atoms with Crippen LogP contribution in [0.3, 0.4) is 0 Å². The SMILES string of the molecule is COc1ccc(C2CC(C(=O)N=Nc3c(O)[nH]c4ccc(Br)cc34)NN2)cc1. The van der Waals surface area contributed by atoms with Crippen LogP contribution in [0.5, 0.6) is 11.6 Å². The second-order valence-corrected chi connectivity index (χ2v) is 7.37. The summed E-state index contributed by atoms with van der Waals surface area (Å²) in [5, 5.41) is 18.5. The molecule has 1 saturated heterocycles. The number of hydrogen-bond acceptors (Lipinski definition) is 6. The summed E-state index contributed by atoms with van der Waals surface area (Å²) in [6.45, 7) is 0. The molecule has 1 amide bonds. The van der Waals surface area contributed by atoms with Crippen molar-refractivity contribution in [1.82, 2.24) is 15.8 Å². The molecule has 1 aliphatic heterocycles. The number of carbonyl (C=O) groups excluding carboxylic acids is 1. The fraction of sp³-hybridized carbons (Fsp3) is 0.211. The lowest BCUT2D eigenvalue weighted by Crippen LogP contribution is -2.35. The highest BCUT2D eigenvalue weighted by molar-refractivity contribution is 9.10. The summed E-state index contributed by atoms with van der Waals surface area (Å²) in [7, 11) is 1.62. The number of H-pyrrole nitrogens is 1. The van der Waals surface area contributed by atoms with E-state index in [0.29, 0.717) is 17.3 Å². The molecule has 0 aliphatic carbocycles. The number of aromatic hydroxyl groups is 1. The van der Waals surface area contributed by atoms with Crippen LogP contribution in [-0.2, 0) is 4.79 Å². The molecular weight excluding hydrogens is 426 g/mol. The Morgan fingerprint density at radius 3 is 2.75 bits per heavy atom. The van der Waals surface area contributed by atoms with Crippen LogP contribution < -0.4 is 15.6 Å². The van der Waals surface area contributed by atoms with Gasteiger partial charge in [0.25, 0.3) is 5.91 Å². The van der Waals surface area contributed by atoms with Gasteiger partial charge in [0.05, 0.1) is 12.6 Å². The minimum Gasteiger partial charge on any atom is -0.497 e. The van der Waals surface area contributed by atoms with Gasteiger partial charge in [-0.25, -0.2) is 10.9 Å². The van der Waals surface area contributed by atoms with E-state index in [1.165, 1.54) is 0 Å². The summed E-state index contributed by atoms with van der Waals surface area (Å²) >= 11 is 3.39. The van der Waals surface area contributed by atoms with Gasteiger partial charge in [0.15, 0.2) is 5.69 Å². The molecule has 4 rings (SSSR count). The van der Waals surface area contributed by atoms with Crippen molar-refractivity contribution in [3.63, 3.8) is 0 Å². The maximum absolute atomic E-state index is 12.4. The Balaban J connectivity index is 1.47. The normalized spacial score (nSPS) is 19.5. The summed E-state index contributed by atoms with van der Waals surface area (Å²) in [5.74, 6) is 0.242. The fourth-order valence-electron chi connectivity index (χ4n) is 3.18. The number of rotatable bonds is 4. The van der Waals surface area contributed by atoms with Crippen molar-refractivity contribution in [1.29, 1.82) is 0 Å². The number of hydrogen-bond donors (Lipinski definition) is 4. The van der Waals surface area contributed by atoms with Gasteiger partial charge in [-0.2, -0.15) is 0 Å². The van der Waals surface area contributed by atoms with Gasteiger partial charge in [0.1, 0.15) is 11.8 Å². The van der Waals surface area contributed by atoms with Gasteiger partial charge in [0.2, 0.25) is 5.88 Å². The number of fused-ring (bicyclic) bond motifs is 1. The van der Waals surface area contributed by atoms with E-state index in [1.807, 2.05) is 36.4 Å². The van der Waals surface area contributed by atoms with Crippen LogP contribution in [0, 0.1) is 0 Å². The Morgan fingerprint density at radius 2 is 2.00 bits per heavy atom. The van der Waals surface area contributed by atoms with Crippen molar-refractivity contribution in [2.45, 2.75) is 18.5 Å². The molecule has 28 heavy (non-hydrogen) atoms. The van der Waals surface area contributed by atoms with Crippen molar-refractivity contribution in [2.75, 3.05) is 7.11 Å².